The molecule has 5 heteroatoms. The molecule has 0 aliphatic carbocycles. The zero-order valence-corrected chi connectivity index (χ0v) is 16.6. The van der Waals surface area contributed by atoms with Crippen molar-refractivity contribution in [3.63, 3.8) is 0 Å². The van der Waals surface area contributed by atoms with Crippen LogP contribution in [0.5, 0.6) is 0 Å². The molecule has 0 aliphatic rings. The van der Waals surface area contributed by atoms with Crippen LogP contribution in [0.25, 0.3) is 22.4 Å². The first kappa shape index (κ1) is 17.6. The monoisotopic (exact) mass is 362 g/mol. The van der Waals surface area contributed by atoms with Crippen LogP contribution < -0.4 is 0 Å². The van der Waals surface area contributed by atoms with Crippen LogP contribution >= 0.6 is 0 Å². The summed E-state index contributed by atoms with van der Waals surface area (Å²) in [7, 11) is 0. The molecule has 0 spiro atoms. The maximum atomic E-state index is 5.46. The zero-order valence-electron chi connectivity index (χ0n) is 16.6. The van der Waals surface area contributed by atoms with Crippen LogP contribution in [-0.4, -0.2) is 20.4 Å². The molecule has 3 aromatic heterocycles. The molecule has 0 fully saturated rings. The molecular formula is C22H26N4O. The summed E-state index contributed by atoms with van der Waals surface area (Å²) in [5.41, 5.74) is 5.30. The van der Waals surface area contributed by atoms with E-state index in [4.69, 9.17) is 4.42 Å². The highest BCUT2D eigenvalue weighted by Gasteiger charge is 2.26. The van der Waals surface area contributed by atoms with E-state index in [1.54, 1.807) is 6.26 Å². The maximum absolute atomic E-state index is 5.46. The van der Waals surface area contributed by atoms with Crippen LogP contribution in [0.1, 0.15) is 51.6 Å². The number of furan rings is 1. The third-order valence-electron chi connectivity index (χ3n) is 5.04. The van der Waals surface area contributed by atoms with Gasteiger partial charge in [-0.1, -0.05) is 46.8 Å². The van der Waals surface area contributed by atoms with Gasteiger partial charge < -0.3 is 4.42 Å². The number of rotatable bonds is 4. The Labute approximate surface area is 159 Å². The molecule has 1 aromatic carbocycles. The molecule has 4 rings (SSSR count). The molecule has 0 unspecified atom stereocenters. The lowest BCUT2D eigenvalue weighted by Crippen LogP contribution is -2.21. The minimum absolute atomic E-state index is 0.0241. The number of nitrogens with one attached hydrogen (secondary N) is 2. The number of fused-ring (bicyclic) bond motifs is 1. The van der Waals surface area contributed by atoms with Gasteiger partial charge in [-0.05, 0) is 36.2 Å². The molecule has 0 radical (unpaired) electrons. The number of benzene rings is 1. The number of aromatic amines is 2. The SMILES string of the molecule is CC(C)(C)c1n[nH]c2cc(CC(C)(C)c3cc(-c4ccco4)[nH]n3)ccc12. The lowest BCUT2D eigenvalue weighted by molar-refractivity contribution is 0.504. The molecule has 0 amide bonds. The van der Waals surface area contributed by atoms with Gasteiger partial charge in [0.1, 0.15) is 5.69 Å². The normalized spacial score (nSPS) is 12.8. The molecule has 0 saturated carbocycles. The number of hydrogen-bond donors (Lipinski definition) is 2. The van der Waals surface area contributed by atoms with Crippen LogP contribution in [0.2, 0.25) is 0 Å². The zero-order chi connectivity index (χ0) is 19.2. The highest BCUT2D eigenvalue weighted by molar-refractivity contribution is 5.83. The van der Waals surface area contributed by atoms with Gasteiger partial charge in [-0.15, -0.1) is 0 Å². The van der Waals surface area contributed by atoms with E-state index >= 15 is 0 Å². The van der Waals surface area contributed by atoms with Crippen molar-refractivity contribution in [2.24, 2.45) is 0 Å². The fourth-order valence-electron chi connectivity index (χ4n) is 3.58. The molecule has 0 atom stereocenters. The Balaban J connectivity index is 1.61. The minimum Gasteiger partial charge on any atom is -0.463 e. The third-order valence-corrected chi connectivity index (χ3v) is 5.04. The Hall–Kier alpha value is -2.82. The number of hydrogen-bond acceptors (Lipinski definition) is 3. The van der Waals surface area contributed by atoms with Gasteiger partial charge in [0, 0.05) is 16.2 Å². The second-order valence-electron chi connectivity index (χ2n) is 8.91. The first-order valence-electron chi connectivity index (χ1n) is 9.31. The van der Waals surface area contributed by atoms with Crippen molar-refractivity contribution >= 4 is 10.9 Å². The first-order chi connectivity index (χ1) is 12.7. The third kappa shape index (κ3) is 3.29. The van der Waals surface area contributed by atoms with E-state index in [0.29, 0.717) is 0 Å². The van der Waals surface area contributed by atoms with Gasteiger partial charge in [0.2, 0.25) is 0 Å². The van der Waals surface area contributed by atoms with Crippen LogP contribution in [0.3, 0.4) is 0 Å². The molecular weight excluding hydrogens is 336 g/mol. The summed E-state index contributed by atoms with van der Waals surface area (Å²) in [4.78, 5) is 0. The van der Waals surface area contributed by atoms with Crippen LogP contribution in [0, 0.1) is 0 Å². The van der Waals surface area contributed by atoms with E-state index in [2.05, 4.69) is 79.3 Å². The molecule has 5 nitrogen and oxygen atoms in total. The van der Waals surface area contributed by atoms with Crippen molar-refractivity contribution in [3.8, 4) is 11.5 Å². The van der Waals surface area contributed by atoms with E-state index in [0.717, 1.165) is 34.8 Å². The summed E-state index contributed by atoms with van der Waals surface area (Å²) in [6, 6.07) is 12.5. The highest BCUT2D eigenvalue weighted by Crippen LogP contribution is 2.32. The summed E-state index contributed by atoms with van der Waals surface area (Å²) in [5.74, 6) is 0.804. The van der Waals surface area contributed by atoms with Gasteiger partial charge in [-0.25, -0.2) is 0 Å². The summed E-state index contributed by atoms with van der Waals surface area (Å²) in [6.07, 6.45) is 2.56. The number of aromatic nitrogens is 4. The maximum Gasteiger partial charge on any atom is 0.151 e. The standard InChI is InChI=1S/C22H26N4O/c1-21(2,3)20-15-9-8-14(11-16(15)23-26-20)13-22(4,5)19-12-17(24-25-19)18-7-6-10-27-18/h6-12H,13H2,1-5H3,(H,23,26)(H,24,25). The molecule has 2 N–H and O–H groups in total. The molecule has 3 heterocycles. The summed E-state index contributed by atoms with van der Waals surface area (Å²) in [6.45, 7) is 11.0. The molecule has 0 saturated heterocycles. The Morgan fingerprint density at radius 1 is 0.963 bits per heavy atom. The Bertz CT molecular complexity index is 1060. The van der Waals surface area contributed by atoms with E-state index in [1.165, 1.54) is 10.9 Å². The Morgan fingerprint density at radius 3 is 2.48 bits per heavy atom. The van der Waals surface area contributed by atoms with Gasteiger partial charge >= 0.3 is 0 Å². The quantitative estimate of drug-likeness (QED) is 0.513. The lowest BCUT2D eigenvalue weighted by Gasteiger charge is -2.22. The molecule has 0 bridgehead atoms. The fraction of sp³-hybridized carbons (Fsp3) is 0.364. The van der Waals surface area contributed by atoms with E-state index in [-0.39, 0.29) is 10.8 Å². The predicted molar refractivity (Wildman–Crippen MR) is 108 cm³/mol. The van der Waals surface area contributed by atoms with Gasteiger partial charge in [-0.3, -0.25) is 10.2 Å². The van der Waals surface area contributed by atoms with Crippen molar-refractivity contribution in [2.45, 2.75) is 51.9 Å². The second-order valence-corrected chi connectivity index (χ2v) is 8.91. The Kier molecular flexibility index (Phi) is 3.98. The van der Waals surface area contributed by atoms with Crippen LogP contribution in [0.4, 0.5) is 0 Å². The highest BCUT2D eigenvalue weighted by atomic mass is 16.3. The van der Waals surface area contributed by atoms with Crippen molar-refractivity contribution in [2.75, 3.05) is 0 Å². The molecule has 0 aliphatic heterocycles. The smallest absolute Gasteiger partial charge is 0.151 e. The van der Waals surface area contributed by atoms with E-state index < -0.39 is 0 Å². The number of nitrogens with zero attached hydrogens (tertiary/aromatic N) is 2. The van der Waals surface area contributed by atoms with Crippen LogP contribution in [-0.2, 0) is 17.3 Å². The fourth-order valence-corrected chi connectivity index (χ4v) is 3.58. The molecule has 4 aromatic rings. The minimum atomic E-state index is -0.109. The van der Waals surface area contributed by atoms with E-state index in [1.807, 2.05) is 12.1 Å². The summed E-state index contributed by atoms with van der Waals surface area (Å²) in [5, 5.41) is 16.6. The average Bonchev–Trinajstić information content (AvgIpc) is 3.32. The van der Waals surface area contributed by atoms with Crippen LogP contribution in [0.15, 0.2) is 47.1 Å². The second kappa shape index (κ2) is 6.12. The Morgan fingerprint density at radius 2 is 1.78 bits per heavy atom. The molecule has 140 valence electrons. The summed E-state index contributed by atoms with van der Waals surface area (Å²) < 4.78 is 5.46. The van der Waals surface area contributed by atoms with Crippen molar-refractivity contribution < 1.29 is 4.42 Å². The van der Waals surface area contributed by atoms with Gasteiger partial charge in [0.05, 0.1) is 23.2 Å². The van der Waals surface area contributed by atoms with Gasteiger partial charge in [0.25, 0.3) is 0 Å². The lowest BCUT2D eigenvalue weighted by atomic mass is 9.82. The largest absolute Gasteiger partial charge is 0.463 e. The van der Waals surface area contributed by atoms with E-state index in [9.17, 15) is 0 Å². The van der Waals surface area contributed by atoms with Crippen molar-refractivity contribution in [1.82, 2.24) is 20.4 Å². The molecule has 27 heavy (non-hydrogen) atoms. The summed E-state index contributed by atoms with van der Waals surface area (Å²) >= 11 is 0. The number of H-pyrrole nitrogens is 2. The van der Waals surface area contributed by atoms with Crippen molar-refractivity contribution in [3.05, 3.63) is 59.6 Å². The van der Waals surface area contributed by atoms with Gasteiger partial charge in [-0.2, -0.15) is 10.2 Å². The average molecular weight is 362 g/mol. The van der Waals surface area contributed by atoms with Gasteiger partial charge in [0.15, 0.2) is 5.76 Å². The first-order valence-corrected chi connectivity index (χ1v) is 9.31. The topological polar surface area (TPSA) is 70.5 Å². The predicted octanol–water partition coefficient (Wildman–Crippen LogP) is 5.36. The van der Waals surface area contributed by atoms with Crippen molar-refractivity contribution in [1.29, 1.82) is 0 Å².